The van der Waals surface area contributed by atoms with E-state index >= 15 is 0 Å². The van der Waals surface area contributed by atoms with E-state index in [-0.39, 0.29) is 16.6 Å². The van der Waals surface area contributed by atoms with E-state index in [1.165, 1.54) is 12.1 Å². The van der Waals surface area contributed by atoms with Crippen LogP contribution in [0.2, 0.25) is 0 Å². The Kier molecular flexibility index (Phi) is 5.16. The summed E-state index contributed by atoms with van der Waals surface area (Å²) >= 11 is 0. The number of aromatic amines is 1. The van der Waals surface area contributed by atoms with Crippen molar-refractivity contribution in [3.05, 3.63) is 76.0 Å². The first-order valence-corrected chi connectivity index (χ1v) is 10.8. The largest absolute Gasteiger partial charge is 0.398 e. The highest BCUT2D eigenvalue weighted by Crippen LogP contribution is 2.32. The summed E-state index contributed by atoms with van der Waals surface area (Å²) in [4.78, 5) is 20.3. The van der Waals surface area contributed by atoms with Crippen LogP contribution in [0.25, 0.3) is 16.3 Å². The second kappa shape index (κ2) is 8.13. The lowest BCUT2D eigenvalue weighted by Crippen LogP contribution is -2.49. The van der Waals surface area contributed by atoms with Crippen LogP contribution < -0.4 is 16.2 Å². The number of hydrogen-bond donors (Lipinski definition) is 2. The molecule has 0 spiro atoms. The van der Waals surface area contributed by atoms with E-state index in [1.807, 2.05) is 30.3 Å². The number of anilines is 2. The summed E-state index contributed by atoms with van der Waals surface area (Å²) in [6.45, 7) is 3.77. The molecular formula is C25H24FN5O. The Morgan fingerprint density at radius 3 is 2.53 bits per heavy atom. The van der Waals surface area contributed by atoms with Gasteiger partial charge in [0.2, 0.25) is 0 Å². The molecule has 0 radical (unpaired) electrons. The minimum absolute atomic E-state index is 0.278. The highest BCUT2D eigenvalue weighted by atomic mass is 19.1. The maximum absolute atomic E-state index is 13.6. The van der Waals surface area contributed by atoms with Crippen LogP contribution in [-0.4, -0.2) is 42.1 Å². The molecule has 3 N–H and O–H groups in total. The zero-order valence-electron chi connectivity index (χ0n) is 17.6. The number of aromatic nitrogens is 1. The molecule has 32 heavy (non-hydrogen) atoms. The number of hydrogen-bond acceptors (Lipinski definition) is 5. The molecule has 0 unspecified atom stereocenters. The predicted octanol–water partition coefficient (Wildman–Crippen LogP) is 3.49. The van der Waals surface area contributed by atoms with Gasteiger partial charge in [-0.2, -0.15) is 5.26 Å². The number of nitrogen functional groups attached to an aromatic ring is 1. The quantitative estimate of drug-likeness (QED) is 0.622. The van der Waals surface area contributed by atoms with Gasteiger partial charge in [-0.1, -0.05) is 6.08 Å². The van der Waals surface area contributed by atoms with E-state index in [2.05, 4.69) is 26.9 Å². The number of halogens is 1. The number of benzene rings is 2. The van der Waals surface area contributed by atoms with Gasteiger partial charge in [-0.15, -0.1) is 0 Å². The molecule has 1 aromatic heterocycles. The van der Waals surface area contributed by atoms with Crippen molar-refractivity contribution in [2.75, 3.05) is 36.8 Å². The van der Waals surface area contributed by atoms with Crippen molar-refractivity contribution >= 4 is 27.7 Å². The third-order valence-corrected chi connectivity index (χ3v) is 6.55. The molecule has 0 saturated carbocycles. The highest BCUT2D eigenvalue weighted by molar-refractivity contribution is 5.94. The molecule has 1 fully saturated rings. The first-order chi connectivity index (χ1) is 15.5. The molecular weight excluding hydrogens is 405 g/mol. The van der Waals surface area contributed by atoms with Crippen LogP contribution in [0.15, 0.2) is 53.3 Å². The smallest absolute Gasteiger partial charge is 0.256 e. The minimum atomic E-state index is -0.506. The number of nitrogens with zero attached hydrogens (tertiary/aromatic N) is 3. The van der Waals surface area contributed by atoms with E-state index < -0.39 is 5.82 Å². The molecule has 1 atom stereocenters. The summed E-state index contributed by atoms with van der Waals surface area (Å²) in [6.07, 6.45) is 4.13. The molecule has 1 saturated heterocycles. The fourth-order valence-electron chi connectivity index (χ4n) is 4.80. The molecule has 6 nitrogen and oxygen atoms in total. The Morgan fingerprint density at radius 1 is 1.06 bits per heavy atom. The zero-order valence-corrected chi connectivity index (χ0v) is 17.6. The topological polar surface area (TPSA) is 89.2 Å². The van der Waals surface area contributed by atoms with Crippen LogP contribution in [0.4, 0.5) is 15.8 Å². The first kappa shape index (κ1) is 20.3. The number of fused-ring (bicyclic) bond motifs is 1. The molecule has 1 aliphatic heterocycles. The highest BCUT2D eigenvalue weighted by Gasteiger charge is 2.27. The van der Waals surface area contributed by atoms with Gasteiger partial charge in [0, 0.05) is 54.7 Å². The van der Waals surface area contributed by atoms with Crippen molar-refractivity contribution in [3.63, 3.8) is 0 Å². The Morgan fingerprint density at radius 2 is 1.81 bits per heavy atom. The van der Waals surface area contributed by atoms with Crippen molar-refractivity contribution in [1.29, 1.82) is 5.26 Å². The molecule has 2 aliphatic rings. The average molecular weight is 429 g/mol. The molecule has 162 valence electrons. The first-order valence-electron chi connectivity index (χ1n) is 10.8. The van der Waals surface area contributed by atoms with Crippen molar-refractivity contribution in [2.45, 2.75) is 18.9 Å². The number of nitrogens with one attached hydrogen (secondary N) is 1. The number of nitriles is 1. The summed E-state index contributed by atoms with van der Waals surface area (Å²) in [5, 5.41) is 9.84. The van der Waals surface area contributed by atoms with E-state index in [4.69, 9.17) is 11.0 Å². The number of H-pyrrole nitrogens is 1. The van der Waals surface area contributed by atoms with Crippen molar-refractivity contribution in [3.8, 4) is 6.07 Å². The SMILES string of the molecule is N#Cc1ccc(N2CCN([C@@H]3C=C(c4cc5c(N)cc(F)cc5c(=O)[nH]4)CC3)CC2)cc1. The predicted molar refractivity (Wildman–Crippen MR) is 125 cm³/mol. The number of piperazine rings is 1. The molecule has 0 amide bonds. The van der Waals surface area contributed by atoms with Gasteiger partial charge in [-0.25, -0.2) is 4.39 Å². The van der Waals surface area contributed by atoms with Crippen molar-refractivity contribution in [1.82, 2.24) is 9.88 Å². The van der Waals surface area contributed by atoms with Crippen LogP contribution in [0.5, 0.6) is 0 Å². The van der Waals surface area contributed by atoms with Crippen LogP contribution in [0, 0.1) is 17.1 Å². The van der Waals surface area contributed by atoms with Crippen LogP contribution >= 0.6 is 0 Å². The van der Waals surface area contributed by atoms with Gasteiger partial charge in [0.05, 0.1) is 17.0 Å². The number of rotatable bonds is 3. The standard InChI is InChI=1S/C25H24FN5O/c26-18-12-22-21(23(28)13-18)14-24(29-25(22)32)17-3-6-20(11-17)31-9-7-30(8-10-31)19-4-1-16(15-27)2-5-19/h1-2,4-5,11-14,20H,3,6-10,28H2,(H,29,32)/t20-/m0/s1. The Labute approximate surface area is 185 Å². The third-order valence-electron chi connectivity index (χ3n) is 6.55. The Hall–Kier alpha value is -3.63. The second-order valence-electron chi connectivity index (χ2n) is 8.45. The summed E-state index contributed by atoms with van der Waals surface area (Å²) in [5.41, 5.74) is 9.63. The fourth-order valence-corrected chi connectivity index (χ4v) is 4.80. The average Bonchev–Trinajstić information content (AvgIpc) is 3.30. The maximum atomic E-state index is 13.6. The molecule has 2 heterocycles. The van der Waals surface area contributed by atoms with Gasteiger partial charge < -0.3 is 15.6 Å². The fraction of sp³-hybridized carbons (Fsp3) is 0.280. The Bertz CT molecular complexity index is 1300. The molecule has 1 aliphatic carbocycles. The summed E-state index contributed by atoms with van der Waals surface area (Å²) < 4.78 is 13.6. The Balaban J connectivity index is 1.31. The van der Waals surface area contributed by atoms with Gasteiger partial charge in [0.15, 0.2) is 0 Å². The van der Waals surface area contributed by atoms with E-state index in [1.54, 1.807) is 0 Å². The van der Waals surface area contributed by atoms with Crippen LogP contribution in [0.3, 0.4) is 0 Å². The van der Waals surface area contributed by atoms with E-state index in [9.17, 15) is 9.18 Å². The van der Waals surface area contributed by atoms with Crippen LogP contribution in [-0.2, 0) is 0 Å². The number of nitrogens with two attached hydrogens (primary N) is 1. The molecule has 2 aromatic carbocycles. The lowest BCUT2D eigenvalue weighted by atomic mass is 10.1. The van der Waals surface area contributed by atoms with Gasteiger partial charge in [0.1, 0.15) is 5.82 Å². The van der Waals surface area contributed by atoms with Crippen molar-refractivity contribution in [2.24, 2.45) is 0 Å². The molecule has 7 heteroatoms. The van der Waals surface area contributed by atoms with Gasteiger partial charge in [-0.05, 0) is 60.9 Å². The van der Waals surface area contributed by atoms with Crippen LogP contribution in [0.1, 0.15) is 24.1 Å². The monoisotopic (exact) mass is 429 g/mol. The van der Waals surface area contributed by atoms with Gasteiger partial charge in [0.25, 0.3) is 5.56 Å². The number of pyridine rings is 1. The summed E-state index contributed by atoms with van der Waals surface area (Å²) in [6, 6.07) is 14.6. The lowest BCUT2D eigenvalue weighted by molar-refractivity contribution is 0.214. The lowest BCUT2D eigenvalue weighted by Gasteiger charge is -2.38. The second-order valence-corrected chi connectivity index (χ2v) is 8.45. The van der Waals surface area contributed by atoms with Gasteiger partial charge in [-0.3, -0.25) is 9.69 Å². The van der Waals surface area contributed by atoms with E-state index in [0.717, 1.165) is 56.0 Å². The number of allylic oxidation sites excluding steroid dienone is 1. The maximum Gasteiger partial charge on any atom is 0.256 e. The molecule has 5 rings (SSSR count). The summed E-state index contributed by atoms with van der Waals surface area (Å²) in [5.74, 6) is -0.506. The van der Waals surface area contributed by atoms with Gasteiger partial charge >= 0.3 is 0 Å². The minimum Gasteiger partial charge on any atom is -0.398 e. The molecule has 3 aromatic rings. The third kappa shape index (κ3) is 3.74. The summed E-state index contributed by atoms with van der Waals surface area (Å²) in [7, 11) is 0. The van der Waals surface area contributed by atoms with Crippen molar-refractivity contribution < 1.29 is 4.39 Å². The van der Waals surface area contributed by atoms with E-state index in [0.29, 0.717) is 17.0 Å². The molecule has 0 bridgehead atoms. The zero-order chi connectivity index (χ0) is 22.2. The normalized spacial score (nSPS) is 19.2.